The number of rotatable bonds is 0. The lowest BCUT2D eigenvalue weighted by Crippen LogP contribution is -2.37. The van der Waals surface area contributed by atoms with Crippen molar-refractivity contribution in [1.82, 2.24) is 5.32 Å². The van der Waals surface area contributed by atoms with Crippen molar-refractivity contribution < 1.29 is 5.11 Å². The Balaban J connectivity index is 2.42. The third-order valence-corrected chi connectivity index (χ3v) is 1.24. The Labute approximate surface area is 49.2 Å². The van der Waals surface area contributed by atoms with E-state index in [2.05, 4.69) is 5.32 Å². The highest BCUT2D eigenvalue weighted by Crippen LogP contribution is 1.99. The first-order valence-corrected chi connectivity index (χ1v) is 2.90. The summed E-state index contributed by atoms with van der Waals surface area (Å²) in [4.78, 5) is 0. The molecule has 2 atom stereocenters. The first-order chi connectivity index (χ1) is 3.79. The molecule has 1 aliphatic rings. The second-order valence-electron chi connectivity index (χ2n) is 2.13. The fourth-order valence-electron chi connectivity index (χ4n) is 0.839. The van der Waals surface area contributed by atoms with Crippen LogP contribution in [0, 0.1) is 0 Å². The first-order valence-electron chi connectivity index (χ1n) is 2.90. The Morgan fingerprint density at radius 1 is 1.75 bits per heavy atom. The van der Waals surface area contributed by atoms with Gasteiger partial charge in [0.15, 0.2) is 0 Å². The molecule has 0 bridgehead atoms. The summed E-state index contributed by atoms with van der Waals surface area (Å²) < 4.78 is 0. The SMILES string of the molecule is CC1C=CCC(O)N1. The second kappa shape index (κ2) is 2.29. The van der Waals surface area contributed by atoms with Crippen LogP contribution in [0.2, 0.25) is 0 Å². The molecule has 1 heterocycles. The minimum Gasteiger partial charge on any atom is -0.378 e. The quantitative estimate of drug-likeness (QED) is 0.441. The Bertz CT molecular complexity index is 101. The molecule has 8 heavy (non-hydrogen) atoms. The highest BCUT2D eigenvalue weighted by molar-refractivity contribution is 4.96. The summed E-state index contributed by atoms with van der Waals surface area (Å²) in [7, 11) is 0. The van der Waals surface area contributed by atoms with Crippen molar-refractivity contribution in [2.75, 3.05) is 0 Å². The van der Waals surface area contributed by atoms with E-state index in [-0.39, 0.29) is 6.23 Å². The highest BCUT2D eigenvalue weighted by Gasteiger charge is 2.07. The first kappa shape index (κ1) is 5.79. The maximum Gasteiger partial charge on any atom is 0.108 e. The van der Waals surface area contributed by atoms with Gasteiger partial charge in [-0.3, -0.25) is 5.32 Å². The summed E-state index contributed by atoms with van der Waals surface area (Å²) in [5, 5.41) is 11.9. The monoisotopic (exact) mass is 113 g/mol. The van der Waals surface area contributed by atoms with Gasteiger partial charge in [-0.15, -0.1) is 0 Å². The predicted octanol–water partition coefficient (Wildman–Crippen LogP) is 0.243. The van der Waals surface area contributed by atoms with E-state index >= 15 is 0 Å². The largest absolute Gasteiger partial charge is 0.378 e. The zero-order valence-corrected chi connectivity index (χ0v) is 4.96. The van der Waals surface area contributed by atoms with Crippen molar-refractivity contribution >= 4 is 0 Å². The van der Waals surface area contributed by atoms with Gasteiger partial charge in [-0.2, -0.15) is 0 Å². The Morgan fingerprint density at radius 2 is 2.50 bits per heavy atom. The van der Waals surface area contributed by atoms with E-state index in [9.17, 15) is 0 Å². The van der Waals surface area contributed by atoms with Crippen molar-refractivity contribution in [3.8, 4) is 0 Å². The van der Waals surface area contributed by atoms with Gasteiger partial charge in [0.1, 0.15) is 6.23 Å². The lowest BCUT2D eigenvalue weighted by atomic mass is 10.2. The summed E-state index contributed by atoms with van der Waals surface area (Å²) in [6, 6.07) is 0.332. The molecule has 0 spiro atoms. The standard InChI is InChI=1S/C6H11NO/c1-5-3-2-4-6(8)7-5/h2-3,5-8H,4H2,1H3. The maximum absolute atomic E-state index is 8.92. The molecule has 1 aliphatic heterocycles. The van der Waals surface area contributed by atoms with Crippen LogP contribution in [0.15, 0.2) is 12.2 Å². The zero-order valence-electron chi connectivity index (χ0n) is 4.96. The van der Waals surface area contributed by atoms with Crippen molar-refractivity contribution in [2.45, 2.75) is 25.6 Å². The molecule has 0 aromatic rings. The average Bonchev–Trinajstić information content (AvgIpc) is 1.64. The molecule has 46 valence electrons. The number of aliphatic hydroxyl groups excluding tert-OH is 1. The van der Waals surface area contributed by atoms with E-state index in [4.69, 9.17) is 5.11 Å². The van der Waals surface area contributed by atoms with E-state index in [1.54, 1.807) is 0 Å². The minimum absolute atomic E-state index is 0.324. The van der Waals surface area contributed by atoms with E-state index in [0.29, 0.717) is 6.04 Å². The van der Waals surface area contributed by atoms with E-state index in [0.717, 1.165) is 6.42 Å². The van der Waals surface area contributed by atoms with Crippen LogP contribution in [-0.2, 0) is 0 Å². The lowest BCUT2D eigenvalue weighted by Gasteiger charge is -2.18. The van der Waals surface area contributed by atoms with Crippen LogP contribution in [0.3, 0.4) is 0 Å². The van der Waals surface area contributed by atoms with E-state index < -0.39 is 0 Å². The van der Waals surface area contributed by atoms with Crippen molar-refractivity contribution in [3.05, 3.63) is 12.2 Å². The van der Waals surface area contributed by atoms with Gasteiger partial charge in [0, 0.05) is 12.5 Å². The molecule has 0 aromatic carbocycles. The van der Waals surface area contributed by atoms with Gasteiger partial charge in [0.2, 0.25) is 0 Å². The third-order valence-electron chi connectivity index (χ3n) is 1.24. The molecule has 2 unspecified atom stereocenters. The third kappa shape index (κ3) is 1.32. The van der Waals surface area contributed by atoms with Gasteiger partial charge in [-0.1, -0.05) is 12.2 Å². The van der Waals surface area contributed by atoms with E-state index in [1.807, 2.05) is 19.1 Å². The average molecular weight is 113 g/mol. The minimum atomic E-state index is -0.324. The molecule has 0 radical (unpaired) electrons. The van der Waals surface area contributed by atoms with Crippen LogP contribution in [0.1, 0.15) is 13.3 Å². The molecule has 1 rings (SSSR count). The molecule has 0 aromatic heterocycles. The van der Waals surface area contributed by atoms with Crippen LogP contribution in [0.4, 0.5) is 0 Å². The molecule has 2 nitrogen and oxygen atoms in total. The van der Waals surface area contributed by atoms with Crippen molar-refractivity contribution in [3.63, 3.8) is 0 Å². The summed E-state index contributed by atoms with van der Waals surface area (Å²) in [6.45, 7) is 2.01. The van der Waals surface area contributed by atoms with Gasteiger partial charge in [-0.25, -0.2) is 0 Å². The van der Waals surface area contributed by atoms with Crippen LogP contribution in [-0.4, -0.2) is 17.4 Å². The molecule has 2 N–H and O–H groups in total. The van der Waals surface area contributed by atoms with Crippen LogP contribution >= 0.6 is 0 Å². The summed E-state index contributed by atoms with van der Waals surface area (Å²) in [6.07, 6.45) is 4.46. The lowest BCUT2D eigenvalue weighted by molar-refractivity contribution is 0.128. The Morgan fingerprint density at radius 3 is 2.88 bits per heavy atom. The molecular formula is C6H11NO. The molecular weight excluding hydrogens is 102 g/mol. The van der Waals surface area contributed by atoms with Gasteiger partial charge in [-0.05, 0) is 6.92 Å². The molecule has 0 fully saturated rings. The van der Waals surface area contributed by atoms with Crippen LogP contribution in [0.5, 0.6) is 0 Å². The Kier molecular flexibility index (Phi) is 1.65. The fourth-order valence-corrected chi connectivity index (χ4v) is 0.839. The molecule has 0 aliphatic carbocycles. The number of hydrogen-bond acceptors (Lipinski definition) is 2. The predicted molar refractivity (Wildman–Crippen MR) is 32.4 cm³/mol. The number of aliphatic hydroxyl groups is 1. The van der Waals surface area contributed by atoms with Crippen molar-refractivity contribution in [2.24, 2.45) is 0 Å². The van der Waals surface area contributed by atoms with Crippen LogP contribution in [0.25, 0.3) is 0 Å². The Hall–Kier alpha value is -0.340. The summed E-state index contributed by atoms with van der Waals surface area (Å²) >= 11 is 0. The molecule has 0 saturated carbocycles. The molecule has 0 saturated heterocycles. The van der Waals surface area contributed by atoms with Crippen LogP contribution < -0.4 is 5.32 Å². The summed E-state index contributed by atoms with van der Waals surface area (Å²) in [5.41, 5.74) is 0. The summed E-state index contributed by atoms with van der Waals surface area (Å²) in [5.74, 6) is 0. The molecule has 0 amide bonds. The van der Waals surface area contributed by atoms with Gasteiger partial charge >= 0.3 is 0 Å². The second-order valence-corrected chi connectivity index (χ2v) is 2.13. The van der Waals surface area contributed by atoms with Gasteiger partial charge in [0.25, 0.3) is 0 Å². The maximum atomic E-state index is 8.92. The highest BCUT2D eigenvalue weighted by atomic mass is 16.3. The number of hydrogen-bond donors (Lipinski definition) is 2. The normalized spacial score (nSPS) is 37.8. The number of nitrogens with one attached hydrogen (secondary N) is 1. The van der Waals surface area contributed by atoms with Gasteiger partial charge < -0.3 is 5.11 Å². The molecule has 2 heteroatoms. The van der Waals surface area contributed by atoms with Gasteiger partial charge in [0.05, 0.1) is 0 Å². The zero-order chi connectivity index (χ0) is 5.98. The van der Waals surface area contributed by atoms with E-state index in [1.165, 1.54) is 0 Å². The topological polar surface area (TPSA) is 32.3 Å². The fraction of sp³-hybridized carbons (Fsp3) is 0.667. The smallest absolute Gasteiger partial charge is 0.108 e. The van der Waals surface area contributed by atoms with Crippen molar-refractivity contribution in [1.29, 1.82) is 0 Å².